The van der Waals surface area contributed by atoms with E-state index in [2.05, 4.69) is 16.4 Å². The van der Waals surface area contributed by atoms with Crippen LogP contribution in [0.4, 0.5) is 0 Å². The molecule has 3 aliphatic rings. The van der Waals surface area contributed by atoms with Crippen molar-refractivity contribution in [2.45, 2.75) is 63.5 Å². The average molecular weight is 463 g/mol. The van der Waals surface area contributed by atoms with Crippen molar-refractivity contribution < 1.29 is 19.1 Å². The molecule has 8 heteroatoms. The standard InChI is InChI=1S/C26H30N4O4/c1-34-23-8-3-6-19-18(23)12-20(29-19)25(33)30-15-26(9-4-10-26)13-21(30)24(32)28-17(14-27)11-16-5-2-7-22(16)31/h3,6,8,12,16-17,21,29H,2,4-5,7,9-11,13,15H2,1H3,(H,28,32). The van der Waals surface area contributed by atoms with Crippen molar-refractivity contribution in [2.24, 2.45) is 11.3 Å². The van der Waals surface area contributed by atoms with E-state index in [0.29, 0.717) is 37.3 Å². The molecule has 1 saturated heterocycles. The molecular formula is C26H30N4O4. The molecule has 1 aromatic heterocycles. The molecular weight excluding hydrogens is 432 g/mol. The number of amides is 2. The van der Waals surface area contributed by atoms with E-state index < -0.39 is 12.1 Å². The molecule has 1 spiro atoms. The Balaban J connectivity index is 1.36. The number of fused-ring (bicyclic) bond motifs is 1. The van der Waals surface area contributed by atoms with Crippen molar-refractivity contribution in [1.82, 2.24) is 15.2 Å². The zero-order valence-corrected chi connectivity index (χ0v) is 19.4. The molecule has 8 nitrogen and oxygen atoms in total. The lowest BCUT2D eigenvalue weighted by Crippen LogP contribution is -2.49. The number of hydrogen-bond acceptors (Lipinski definition) is 5. The monoisotopic (exact) mass is 462 g/mol. The van der Waals surface area contributed by atoms with Crippen LogP contribution in [-0.2, 0) is 9.59 Å². The van der Waals surface area contributed by atoms with E-state index in [9.17, 15) is 19.6 Å². The van der Waals surface area contributed by atoms with Gasteiger partial charge in [0.2, 0.25) is 5.91 Å². The Bertz CT molecular complexity index is 1180. The summed E-state index contributed by atoms with van der Waals surface area (Å²) < 4.78 is 5.42. The van der Waals surface area contributed by atoms with E-state index >= 15 is 0 Å². The highest BCUT2D eigenvalue weighted by atomic mass is 16.5. The van der Waals surface area contributed by atoms with Crippen LogP contribution in [0.2, 0.25) is 0 Å². The Labute approximate surface area is 198 Å². The van der Waals surface area contributed by atoms with E-state index in [4.69, 9.17) is 4.74 Å². The molecule has 0 radical (unpaired) electrons. The zero-order valence-electron chi connectivity index (χ0n) is 19.4. The van der Waals surface area contributed by atoms with Gasteiger partial charge < -0.3 is 19.9 Å². The summed E-state index contributed by atoms with van der Waals surface area (Å²) in [6.07, 6.45) is 6.22. The number of hydrogen-bond donors (Lipinski definition) is 2. The van der Waals surface area contributed by atoms with Crippen LogP contribution in [0.1, 0.15) is 61.9 Å². The lowest BCUT2D eigenvalue weighted by Gasteiger charge is -2.37. The number of H-pyrrole nitrogens is 1. The van der Waals surface area contributed by atoms with Crippen LogP contribution in [0.5, 0.6) is 5.75 Å². The molecule has 2 N–H and O–H groups in total. The molecule has 3 atom stereocenters. The van der Waals surface area contributed by atoms with Crippen molar-refractivity contribution in [2.75, 3.05) is 13.7 Å². The minimum Gasteiger partial charge on any atom is -0.496 e. The second-order valence-corrected chi connectivity index (χ2v) is 10.1. The highest BCUT2D eigenvalue weighted by Crippen LogP contribution is 2.50. The van der Waals surface area contributed by atoms with Crippen LogP contribution in [-0.4, -0.2) is 53.2 Å². The Kier molecular flexibility index (Phi) is 5.80. The molecule has 3 unspecified atom stereocenters. The van der Waals surface area contributed by atoms with Gasteiger partial charge in [-0.2, -0.15) is 5.26 Å². The highest BCUT2D eigenvalue weighted by molar-refractivity contribution is 6.02. The van der Waals surface area contributed by atoms with Crippen molar-refractivity contribution in [3.8, 4) is 11.8 Å². The summed E-state index contributed by atoms with van der Waals surface area (Å²) in [6.45, 7) is 0.536. The van der Waals surface area contributed by atoms with Crippen LogP contribution < -0.4 is 10.1 Å². The molecule has 0 bridgehead atoms. The van der Waals surface area contributed by atoms with Crippen LogP contribution in [0.25, 0.3) is 10.9 Å². The maximum Gasteiger partial charge on any atom is 0.271 e. The number of Topliss-reactive ketones (excluding diaryl/α,β-unsaturated/α-hetero) is 1. The Hall–Kier alpha value is -3.34. The number of nitrogens with one attached hydrogen (secondary N) is 2. The molecule has 178 valence electrons. The molecule has 2 heterocycles. The third kappa shape index (κ3) is 3.93. The topological polar surface area (TPSA) is 115 Å². The number of aromatic nitrogens is 1. The predicted octanol–water partition coefficient (Wildman–Crippen LogP) is 3.33. The molecule has 1 aromatic carbocycles. The molecule has 3 fully saturated rings. The van der Waals surface area contributed by atoms with E-state index in [0.717, 1.165) is 43.0 Å². The first-order valence-corrected chi connectivity index (χ1v) is 12.1. The second kappa shape index (κ2) is 8.79. The molecule has 2 amide bonds. The SMILES string of the molecule is COc1cccc2[nH]c(C(=O)N3CC4(CCC4)CC3C(=O)NC(C#N)CC3CCCC3=O)cc12. The van der Waals surface area contributed by atoms with Gasteiger partial charge in [0.25, 0.3) is 5.91 Å². The molecule has 2 saturated carbocycles. The van der Waals surface area contributed by atoms with Crippen LogP contribution in [0.15, 0.2) is 24.3 Å². The number of carbonyl (C=O) groups is 3. The fourth-order valence-corrected chi connectivity index (χ4v) is 5.95. The Morgan fingerprint density at radius 3 is 2.82 bits per heavy atom. The van der Waals surface area contributed by atoms with Gasteiger partial charge in [0, 0.05) is 29.8 Å². The third-order valence-corrected chi connectivity index (χ3v) is 7.98. The summed E-state index contributed by atoms with van der Waals surface area (Å²) in [5, 5.41) is 13.3. The van der Waals surface area contributed by atoms with Gasteiger partial charge in [-0.15, -0.1) is 0 Å². The van der Waals surface area contributed by atoms with E-state index in [1.165, 1.54) is 0 Å². The second-order valence-electron chi connectivity index (χ2n) is 10.1. The molecule has 2 aromatic rings. The quantitative estimate of drug-likeness (QED) is 0.683. The molecule has 1 aliphatic heterocycles. The van der Waals surface area contributed by atoms with Crippen molar-refractivity contribution >= 4 is 28.5 Å². The molecule has 5 rings (SSSR count). The number of benzene rings is 1. The fraction of sp³-hybridized carbons (Fsp3) is 0.538. The van der Waals surface area contributed by atoms with Crippen molar-refractivity contribution in [3.63, 3.8) is 0 Å². The summed E-state index contributed by atoms with van der Waals surface area (Å²) in [6, 6.07) is 8.16. The first-order chi connectivity index (χ1) is 16.4. The zero-order chi connectivity index (χ0) is 23.9. The third-order valence-electron chi connectivity index (χ3n) is 7.98. The van der Waals surface area contributed by atoms with Gasteiger partial charge in [-0.05, 0) is 62.1 Å². The van der Waals surface area contributed by atoms with Gasteiger partial charge >= 0.3 is 0 Å². The van der Waals surface area contributed by atoms with Gasteiger partial charge in [-0.3, -0.25) is 14.4 Å². The van der Waals surface area contributed by atoms with Crippen molar-refractivity contribution in [3.05, 3.63) is 30.0 Å². The molecule has 2 aliphatic carbocycles. The Morgan fingerprint density at radius 2 is 2.18 bits per heavy atom. The average Bonchev–Trinajstić information content (AvgIpc) is 3.54. The number of aromatic amines is 1. The highest BCUT2D eigenvalue weighted by Gasteiger charge is 2.52. The number of methoxy groups -OCH3 is 1. The number of likely N-dealkylation sites (tertiary alicyclic amines) is 1. The molecule has 34 heavy (non-hydrogen) atoms. The van der Waals surface area contributed by atoms with Gasteiger partial charge in [0.15, 0.2) is 0 Å². The number of nitriles is 1. The fourth-order valence-electron chi connectivity index (χ4n) is 5.95. The summed E-state index contributed by atoms with van der Waals surface area (Å²) in [5.41, 5.74) is 1.19. The smallest absolute Gasteiger partial charge is 0.271 e. The predicted molar refractivity (Wildman–Crippen MR) is 125 cm³/mol. The van der Waals surface area contributed by atoms with Crippen LogP contribution in [0.3, 0.4) is 0 Å². The number of ether oxygens (including phenoxy) is 1. The van der Waals surface area contributed by atoms with Crippen molar-refractivity contribution in [1.29, 1.82) is 5.26 Å². The van der Waals surface area contributed by atoms with Gasteiger partial charge in [-0.1, -0.05) is 12.5 Å². The first kappa shape index (κ1) is 22.5. The normalized spacial score (nSPS) is 24.1. The van der Waals surface area contributed by atoms with Crippen LogP contribution in [0, 0.1) is 22.7 Å². The lowest BCUT2D eigenvalue weighted by atomic mass is 9.67. The number of nitrogens with zero attached hydrogens (tertiary/aromatic N) is 2. The summed E-state index contributed by atoms with van der Waals surface area (Å²) >= 11 is 0. The maximum absolute atomic E-state index is 13.6. The summed E-state index contributed by atoms with van der Waals surface area (Å²) in [7, 11) is 1.59. The summed E-state index contributed by atoms with van der Waals surface area (Å²) in [4.78, 5) is 43.8. The lowest BCUT2D eigenvalue weighted by molar-refractivity contribution is -0.126. The van der Waals surface area contributed by atoms with Crippen LogP contribution >= 0.6 is 0 Å². The minimum atomic E-state index is -0.730. The van der Waals surface area contributed by atoms with E-state index in [1.807, 2.05) is 18.2 Å². The van der Waals surface area contributed by atoms with Gasteiger partial charge in [0.05, 0.1) is 13.2 Å². The van der Waals surface area contributed by atoms with Gasteiger partial charge in [0.1, 0.15) is 29.3 Å². The Morgan fingerprint density at radius 1 is 1.35 bits per heavy atom. The minimum absolute atomic E-state index is 0.0229. The van der Waals surface area contributed by atoms with E-state index in [1.54, 1.807) is 18.1 Å². The maximum atomic E-state index is 13.6. The number of rotatable bonds is 6. The van der Waals surface area contributed by atoms with E-state index in [-0.39, 0.29) is 28.9 Å². The largest absolute Gasteiger partial charge is 0.496 e. The summed E-state index contributed by atoms with van der Waals surface area (Å²) in [5.74, 6) is 0.169. The number of ketones is 1. The first-order valence-electron chi connectivity index (χ1n) is 12.1. The van der Waals surface area contributed by atoms with Gasteiger partial charge in [-0.25, -0.2) is 0 Å². The number of carbonyl (C=O) groups excluding carboxylic acids is 3.